The number of carboxylic acids is 1. The number of unbranched alkanes of at least 4 members (excludes halogenated alkanes) is 13. The Balaban J connectivity index is 3.10. The highest BCUT2D eigenvalue weighted by molar-refractivity contribution is 5.66. The summed E-state index contributed by atoms with van der Waals surface area (Å²) >= 11 is 0. The molecule has 1 N–H and O–H groups in total. The normalized spacial score (nSPS) is 10.1. The Morgan fingerprint density at radius 3 is 1.65 bits per heavy atom. The molecule has 0 fully saturated rings. The van der Waals surface area contributed by atoms with Gasteiger partial charge in [0.25, 0.3) is 0 Å². The smallest absolute Gasteiger partial charge is 0.303 e. The molecule has 0 bridgehead atoms. The van der Waals surface area contributed by atoms with Crippen LogP contribution in [0.5, 0.6) is 0 Å². The minimum Gasteiger partial charge on any atom is -0.481 e. The van der Waals surface area contributed by atoms with Gasteiger partial charge in [0.15, 0.2) is 0 Å². The second-order valence-electron chi connectivity index (χ2n) is 6.32. The number of aliphatic carboxylic acids is 1. The van der Waals surface area contributed by atoms with Crippen molar-refractivity contribution >= 4 is 5.97 Å². The molecule has 0 atom stereocenters. The topological polar surface area (TPSA) is 37.3 Å². The highest BCUT2D eigenvalue weighted by atomic mass is 16.4. The van der Waals surface area contributed by atoms with Crippen LogP contribution in [-0.2, 0) is 4.79 Å². The highest BCUT2D eigenvalue weighted by Crippen LogP contribution is 2.11. The number of allylic oxidation sites excluding steroid dienone is 1. The van der Waals surface area contributed by atoms with Crippen LogP contribution in [0.2, 0.25) is 0 Å². The summed E-state index contributed by atoms with van der Waals surface area (Å²) in [7, 11) is 0. The van der Waals surface area contributed by atoms with Gasteiger partial charge in [-0.25, -0.2) is 0 Å². The molecule has 132 valence electrons. The lowest BCUT2D eigenvalue weighted by molar-refractivity contribution is -0.137. The molecule has 0 aliphatic carbocycles. The number of carbonyl (C=O) groups is 1. The van der Waals surface area contributed by atoms with E-state index in [1.807, 2.05) is 6.08 Å². The molecule has 0 aromatic rings. The van der Waals surface area contributed by atoms with Crippen LogP contribution in [0, 0.1) is 11.8 Å². The van der Waals surface area contributed by atoms with Gasteiger partial charge in [-0.2, -0.15) is 0 Å². The van der Waals surface area contributed by atoms with E-state index < -0.39 is 5.97 Å². The van der Waals surface area contributed by atoms with E-state index in [1.165, 1.54) is 70.6 Å². The SMILES string of the molecule is C=CCCCCCCCCCCCCC#CCCCCC(=O)O. The minimum atomic E-state index is -0.703. The largest absolute Gasteiger partial charge is 0.481 e. The zero-order valence-electron chi connectivity index (χ0n) is 15.0. The summed E-state index contributed by atoms with van der Waals surface area (Å²) in [6.45, 7) is 3.75. The van der Waals surface area contributed by atoms with Crippen molar-refractivity contribution in [2.24, 2.45) is 0 Å². The van der Waals surface area contributed by atoms with Gasteiger partial charge in [-0.15, -0.1) is 18.4 Å². The average molecular weight is 321 g/mol. The van der Waals surface area contributed by atoms with Crippen LogP contribution < -0.4 is 0 Å². The quantitative estimate of drug-likeness (QED) is 0.200. The van der Waals surface area contributed by atoms with Crippen LogP contribution in [-0.4, -0.2) is 11.1 Å². The Morgan fingerprint density at radius 2 is 1.17 bits per heavy atom. The standard InChI is InChI=1S/C21H36O2/c1-2-3-4-5-6-7-8-9-10-11-12-13-14-15-16-17-18-19-20-21(22)23/h2H,1,3-14,17-20H2,(H,22,23). The maximum atomic E-state index is 10.3. The maximum Gasteiger partial charge on any atom is 0.303 e. The molecule has 23 heavy (non-hydrogen) atoms. The van der Waals surface area contributed by atoms with Crippen LogP contribution in [0.3, 0.4) is 0 Å². The lowest BCUT2D eigenvalue weighted by Crippen LogP contribution is -1.92. The second-order valence-corrected chi connectivity index (χ2v) is 6.32. The monoisotopic (exact) mass is 320 g/mol. The van der Waals surface area contributed by atoms with Gasteiger partial charge in [0.2, 0.25) is 0 Å². The van der Waals surface area contributed by atoms with Gasteiger partial charge in [0, 0.05) is 19.3 Å². The van der Waals surface area contributed by atoms with Crippen molar-refractivity contribution in [3.05, 3.63) is 12.7 Å². The fourth-order valence-corrected chi connectivity index (χ4v) is 2.58. The van der Waals surface area contributed by atoms with Gasteiger partial charge >= 0.3 is 5.97 Å². The van der Waals surface area contributed by atoms with Crippen LogP contribution in [0.1, 0.15) is 103 Å². The Hall–Kier alpha value is -1.23. The first-order valence-corrected chi connectivity index (χ1v) is 9.55. The van der Waals surface area contributed by atoms with Gasteiger partial charge in [0.05, 0.1) is 0 Å². The number of carboxylic acid groups (broad SMARTS) is 1. The van der Waals surface area contributed by atoms with Crippen molar-refractivity contribution in [2.75, 3.05) is 0 Å². The predicted octanol–water partition coefficient (Wildman–Crippen LogP) is 6.50. The van der Waals surface area contributed by atoms with Crippen molar-refractivity contribution in [3.63, 3.8) is 0 Å². The molecular weight excluding hydrogens is 284 g/mol. The van der Waals surface area contributed by atoms with Crippen molar-refractivity contribution in [1.82, 2.24) is 0 Å². The number of hydrogen-bond donors (Lipinski definition) is 1. The molecule has 0 saturated carbocycles. The van der Waals surface area contributed by atoms with Crippen LogP contribution >= 0.6 is 0 Å². The van der Waals surface area contributed by atoms with E-state index in [0.29, 0.717) is 0 Å². The first kappa shape index (κ1) is 21.8. The molecular formula is C21H36O2. The van der Waals surface area contributed by atoms with E-state index >= 15 is 0 Å². The van der Waals surface area contributed by atoms with Gasteiger partial charge < -0.3 is 5.11 Å². The number of hydrogen-bond acceptors (Lipinski definition) is 1. The summed E-state index contributed by atoms with van der Waals surface area (Å²) in [6, 6.07) is 0. The van der Waals surface area contributed by atoms with Crippen molar-refractivity contribution < 1.29 is 9.90 Å². The predicted molar refractivity (Wildman–Crippen MR) is 99.5 cm³/mol. The third-order valence-electron chi connectivity index (χ3n) is 4.03. The summed E-state index contributed by atoms with van der Waals surface area (Å²) < 4.78 is 0. The van der Waals surface area contributed by atoms with Crippen LogP contribution in [0.15, 0.2) is 12.7 Å². The average Bonchev–Trinajstić information content (AvgIpc) is 2.53. The maximum absolute atomic E-state index is 10.3. The molecule has 0 saturated heterocycles. The summed E-state index contributed by atoms with van der Waals surface area (Å²) in [5.41, 5.74) is 0. The summed E-state index contributed by atoms with van der Waals surface area (Å²) in [4.78, 5) is 10.3. The van der Waals surface area contributed by atoms with Crippen molar-refractivity contribution in [1.29, 1.82) is 0 Å². The molecule has 0 amide bonds. The molecule has 0 aliphatic rings. The van der Waals surface area contributed by atoms with Crippen molar-refractivity contribution in [3.8, 4) is 11.8 Å². The van der Waals surface area contributed by atoms with Crippen molar-refractivity contribution in [2.45, 2.75) is 103 Å². The molecule has 2 nitrogen and oxygen atoms in total. The van der Waals surface area contributed by atoms with E-state index in [4.69, 9.17) is 5.11 Å². The fraction of sp³-hybridized carbons (Fsp3) is 0.762. The first-order chi connectivity index (χ1) is 11.3. The Labute approximate surface area is 143 Å². The molecule has 0 heterocycles. The first-order valence-electron chi connectivity index (χ1n) is 9.55. The van der Waals surface area contributed by atoms with Gasteiger partial charge in [0.1, 0.15) is 0 Å². The molecule has 0 spiro atoms. The molecule has 0 unspecified atom stereocenters. The van der Waals surface area contributed by atoms with E-state index in [1.54, 1.807) is 0 Å². The summed E-state index contributed by atoms with van der Waals surface area (Å²) in [5.74, 6) is 5.65. The highest BCUT2D eigenvalue weighted by Gasteiger charge is 1.94. The van der Waals surface area contributed by atoms with E-state index in [2.05, 4.69) is 18.4 Å². The number of rotatable bonds is 16. The molecule has 0 aromatic heterocycles. The summed E-state index contributed by atoms with van der Waals surface area (Å²) in [6.07, 6.45) is 20.4. The van der Waals surface area contributed by atoms with Crippen LogP contribution in [0.25, 0.3) is 0 Å². The Bertz CT molecular complexity index is 335. The lowest BCUT2D eigenvalue weighted by Gasteiger charge is -2.01. The molecule has 0 aliphatic heterocycles. The zero-order valence-corrected chi connectivity index (χ0v) is 15.0. The zero-order chi connectivity index (χ0) is 17.0. The second kappa shape index (κ2) is 18.8. The lowest BCUT2D eigenvalue weighted by atomic mass is 10.1. The fourth-order valence-electron chi connectivity index (χ4n) is 2.58. The molecule has 0 rings (SSSR count). The van der Waals surface area contributed by atoms with E-state index in [9.17, 15) is 4.79 Å². The van der Waals surface area contributed by atoms with Gasteiger partial charge in [-0.1, -0.05) is 57.4 Å². The third kappa shape index (κ3) is 20.8. The van der Waals surface area contributed by atoms with E-state index in [-0.39, 0.29) is 6.42 Å². The Kier molecular flexibility index (Phi) is 17.8. The van der Waals surface area contributed by atoms with Gasteiger partial charge in [-0.3, -0.25) is 4.79 Å². The molecule has 0 aromatic carbocycles. The third-order valence-corrected chi connectivity index (χ3v) is 4.03. The summed E-state index contributed by atoms with van der Waals surface area (Å²) in [5, 5.41) is 8.51. The Morgan fingerprint density at radius 1 is 0.739 bits per heavy atom. The van der Waals surface area contributed by atoms with E-state index in [0.717, 1.165) is 25.7 Å². The molecule has 2 heteroatoms. The molecule has 0 radical (unpaired) electrons. The van der Waals surface area contributed by atoms with Gasteiger partial charge in [-0.05, 0) is 32.1 Å². The van der Waals surface area contributed by atoms with Crippen LogP contribution in [0.4, 0.5) is 0 Å². The minimum absolute atomic E-state index is 0.274.